The number of fused-ring (bicyclic) bond motifs is 1. The van der Waals surface area contributed by atoms with Gasteiger partial charge in [-0.05, 0) is 13.0 Å². The number of aryl methyl sites for hydroxylation is 2. The molecular weight excluding hydrogens is 328 g/mol. The van der Waals surface area contributed by atoms with Crippen molar-refractivity contribution in [2.75, 3.05) is 11.9 Å². The van der Waals surface area contributed by atoms with Gasteiger partial charge in [0, 0.05) is 75.5 Å². The van der Waals surface area contributed by atoms with Crippen LogP contribution in [0.15, 0.2) is 37.2 Å². The lowest BCUT2D eigenvalue weighted by molar-refractivity contribution is 0.165. The fraction of sp³-hybridized carbons (Fsp3) is 0.444. The van der Waals surface area contributed by atoms with E-state index >= 15 is 0 Å². The lowest BCUT2D eigenvalue weighted by atomic mass is 10.0. The quantitative estimate of drug-likeness (QED) is 0.724. The van der Waals surface area contributed by atoms with Crippen molar-refractivity contribution in [1.29, 1.82) is 0 Å². The summed E-state index contributed by atoms with van der Waals surface area (Å²) in [5.74, 6) is 0.669. The Hall–Kier alpha value is -2.74. The molecule has 8 nitrogen and oxygen atoms in total. The first kappa shape index (κ1) is 16.7. The van der Waals surface area contributed by atoms with Crippen LogP contribution < -0.4 is 5.32 Å². The minimum Gasteiger partial charge on any atom is -0.353 e. The van der Waals surface area contributed by atoms with Gasteiger partial charge in [0.25, 0.3) is 0 Å². The Labute approximate surface area is 152 Å². The highest BCUT2D eigenvalue weighted by Gasteiger charge is 2.29. The van der Waals surface area contributed by atoms with Crippen molar-refractivity contribution in [1.82, 2.24) is 34.2 Å². The molecule has 136 valence electrons. The Kier molecular flexibility index (Phi) is 4.66. The van der Waals surface area contributed by atoms with Crippen LogP contribution in [0.1, 0.15) is 23.9 Å². The average Bonchev–Trinajstić information content (AvgIpc) is 3.27. The largest absolute Gasteiger partial charge is 0.353 e. The maximum absolute atomic E-state index is 4.58. The minimum absolute atomic E-state index is 0.340. The van der Waals surface area contributed by atoms with E-state index in [0.29, 0.717) is 12.0 Å². The third-order valence-corrected chi connectivity index (χ3v) is 4.90. The van der Waals surface area contributed by atoms with E-state index in [2.05, 4.69) is 55.0 Å². The molecule has 0 saturated carbocycles. The van der Waals surface area contributed by atoms with Crippen molar-refractivity contribution in [3.05, 3.63) is 54.1 Å². The second kappa shape index (κ2) is 7.25. The number of hydrogen-bond donors (Lipinski definition) is 1. The van der Waals surface area contributed by atoms with Gasteiger partial charge in [0.15, 0.2) is 0 Å². The molecule has 0 amide bonds. The van der Waals surface area contributed by atoms with Crippen molar-refractivity contribution < 1.29 is 0 Å². The molecule has 1 N–H and O–H groups in total. The molecule has 8 heteroatoms. The van der Waals surface area contributed by atoms with E-state index in [1.807, 2.05) is 23.3 Å². The van der Waals surface area contributed by atoms with Gasteiger partial charge < -0.3 is 9.88 Å². The molecule has 1 aliphatic heterocycles. The van der Waals surface area contributed by atoms with Crippen LogP contribution in [0.5, 0.6) is 0 Å². The van der Waals surface area contributed by atoms with Gasteiger partial charge in [-0.25, -0.2) is 15.0 Å². The fourth-order valence-electron chi connectivity index (χ4n) is 3.45. The number of imidazole rings is 1. The SMILES string of the molecule is CCn1cc(CN2Cc3ncn(C)c3C[C@@H]2CNc2ncccn2)cn1. The van der Waals surface area contributed by atoms with E-state index in [9.17, 15) is 0 Å². The van der Waals surface area contributed by atoms with Gasteiger partial charge in [-0.15, -0.1) is 0 Å². The van der Waals surface area contributed by atoms with Gasteiger partial charge in [-0.2, -0.15) is 5.10 Å². The zero-order valence-electron chi connectivity index (χ0n) is 15.2. The number of nitrogens with zero attached hydrogens (tertiary/aromatic N) is 7. The summed E-state index contributed by atoms with van der Waals surface area (Å²) in [5, 5.41) is 7.78. The Morgan fingerprint density at radius 3 is 2.85 bits per heavy atom. The summed E-state index contributed by atoms with van der Waals surface area (Å²) in [5.41, 5.74) is 3.71. The van der Waals surface area contributed by atoms with Gasteiger partial charge in [0.1, 0.15) is 0 Å². The van der Waals surface area contributed by atoms with Gasteiger partial charge in [0.05, 0.1) is 18.2 Å². The van der Waals surface area contributed by atoms with Crippen LogP contribution in [0.3, 0.4) is 0 Å². The summed E-state index contributed by atoms with van der Waals surface area (Å²) in [7, 11) is 2.07. The predicted octanol–water partition coefficient (Wildman–Crippen LogP) is 1.47. The topological polar surface area (TPSA) is 76.7 Å². The van der Waals surface area contributed by atoms with Crippen molar-refractivity contribution in [2.45, 2.75) is 39.0 Å². The first-order chi connectivity index (χ1) is 12.7. The second-order valence-corrected chi connectivity index (χ2v) is 6.67. The van der Waals surface area contributed by atoms with Crippen LogP contribution in [0, 0.1) is 0 Å². The third kappa shape index (κ3) is 3.45. The standard InChI is InChI=1S/C18H24N8/c1-3-26-11-14(8-23-26)10-25-12-16-17(24(2)13-22-16)7-15(25)9-21-18-19-5-4-6-20-18/h4-6,8,11,13,15H,3,7,9-10,12H2,1-2H3,(H,19,20,21)/t15-/m1/s1. The van der Waals surface area contributed by atoms with Crippen LogP contribution in [0.25, 0.3) is 0 Å². The number of nitrogens with one attached hydrogen (secondary N) is 1. The number of rotatable bonds is 6. The lowest BCUT2D eigenvalue weighted by Gasteiger charge is -2.35. The Morgan fingerprint density at radius 1 is 1.23 bits per heavy atom. The van der Waals surface area contributed by atoms with Crippen LogP contribution in [0.4, 0.5) is 5.95 Å². The van der Waals surface area contributed by atoms with Crippen LogP contribution >= 0.6 is 0 Å². The van der Waals surface area contributed by atoms with E-state index in [-0.39, 0.29) is 0 Å². The molecule has 3 aromatic rings. The molecule has 3 aromatic heterocycles. The molecule has 1 atom stereocenters. The highest BCUT2D eigenvalue weighted by molar-refractivity contribution is 5.25. The first-order valence-electron chi connectivity index (χ1n) is 8.98. The zero-order valence-corrected chi connectivity index (χ0v) is 15.2. The average molecular weight is 352 g/mol. The maximum Gasteiger partial charge on any atom is 0.222 e. The molecule has 0 fully saturated rings. The van der Waals surface area contributed by atoms with E-state index in [0.717, 1.165) is 32.6 Å². The predicted molar refractivity (Wildman–Crippen MR) is 98.4 cm³/mol. The molecule has 0 aromatic carbocycles. The Morgan fingerprint density at radius 2 is 2.08 bits per heavy atom. The minimum atomic E-state index is 0.340. The molecular formula is C18H24N8. The second-order valence-electron chi connectivity index (χ2n) is 6.67. The molecule has 0 spiro atoms. The van der Waals surface area contributed by atoms with Crippen molar-refractivity contribution in [2.24, 2.45) is 7.05 Å². The van der Waals surface area contributed by atoms with Crippen LogP contribution in [0.2, 0.25) is 0 Å². The van der Waals surface area contributed by atoms with E-state index < -0.39 is 0 Å². The lowest BCUT2D eigenvalue weighted by Crippen LogP contribution is -2.44. The van der Waals surface area contributed by atoms with E-state index in [4.69, 9.17) is 0 Å². The molecule has 4 rings (SSSR count). The van der Waals surface area contributed by atoms with Crippen LogP contribution in [-0.2, 0) is 33.1 Å². The maximum atomic E-state index is 4.58. The van der Waals surface area contributed by atoms with Gasteiger partial charge >= 0.3 is 0 Å². The van der Waals surface area contributed by atoms with Gasteiger partial charge in [-0.3, -0.25) is 9.58 Å². The highest BCUT2D eigenvalue weighted by Crippen LogP contribution is 2.24. The number of anilines is 1. The monoisotopic (exact) mass is 352 g/mol. The normalized spacial score (nSPS) is 17.2. The number of aromatic nitrogens is 6. The summed E-state index contributed by atoms with van der Waals surface area (Å²) in [6.07, 6.45) is 10.5. The van der Waals surface area contributed by atoms with Crippen molar-refractivity contribution in [3.63, 3.8) is 0 Å². The summed E-state index contributed by atoms with van der Waals surface area (Å²) in [4.78, 5) is 15.6. The molecule has 0 radical (unpaired) electrons. The Bertz CT molecular complexity index is 853. The third-order valence-electron chi connectivity index (χ3n) is 4.90. The van der Waals surface area contributed by atoms with Crippen LogP contribution in [-0.4, -0.2) is 46.8 Å². The molecule has 1 aliphatic rings. The first-order valence-corrected chi connectivity index (χ1v) is 8.98. The van der Waals surface area contributed by atoms with E-state index in [1.165, 1.54) is 17.0 Å². The smallest absolute Gasteiger partial charge is 0.222 e. The highest BCUT2D eigenvalue weighted by atomic mass is 15.3. The molecule has 0 bridgehead atoms. The summed E-state index contributed by atoms with van der Waals surface area (Å²) < 4.78 is 4.10. The zero-order chi connectivity index (χ0) is 17.9. The molecule has 0 aliphatic carbocycles. The van der Waals surface area contributed by atoms with Gasteiger partial charge in [-0.1, -0.05) is 0 Å². The van der Waals surface area contributed by atoms with Gasteiger partial charge in [0.2, 0.25) is 5.95 Å². The molecule has 26 heavy (non-hydrogen) atoms. The Balaban J connectivity index is 1.52. The molecule has 4 heterocycles. The number of hydrogen-bond acceptors (Lipinski definition) is 6. The van der Waals surface area contributed by atoms with E-state index in [1.54, 1.807) is 12.4 Å². The van der Waals surface area contributed by atoms with Crippen molar-refractivity contribution in [3.8, 4) is 0 Å². The fourth-order valence-corrected chi connectivity index (χ4v) is 3.45. The van der Waals surface area contributed by atoms with Crippen molar-refractivity contribution >= 4 is 5.95 Å². The summed E-state index contributed by atoms with van der Waals surface area (Å²) in [6, 6.07) is 2.16. The molecule has 0 unspecified atom stereocenters. The summed E-state index contributed by atoms with van der Waals surface area (Å²) >= 11 is 0. The molecule has 0 saturated heterocycles. The summed E-state index contributed by atoms with van der Waals surface area (Å²) in [6.45, 7) is 5.48.